The van der Waals surface area contributed by atoms with E-state index in [1.54, 1.807) is 6.07 Å². The van der Waals surface area contributed by atoms with Gasteiger partial charge in [-0.25, -0.2) is 0 Å². The molecular formula is C17H25ClN4O3. The molecule has 1 aliphatic heterocycles. The van der Waals surface area contributed by atoms with Crippen molar-refractivity contribution in [3.8, 4) is 0 Å². The number of ether oxygens (including phenoxy) is 1. The molecule has 8 heteroatoms. The number of halogens is 1. The fraction of sp³-hybridized carbons (Fsp3) is 0.529. The summed E-state index contributed by atoms with van der Waals surface area (Å²) in [6.07, 6.45) is 0.860. The third kappa shape index (κ3) is 4.42. The van der Waals surface area contributed by atoms with Gasteiger partial charge < -0.3 is 25.1 Å². The average Bonchev–Trinajstić information content (AvgIpc) is 3.04. The molecule has 2 unspecified atom stereocenters. The first kappa shape index (κ1) is 19.5. The third-order valence-electron chi connectivity index (χ3n) is 4.49. The van der Waals surface area contributed by atoms with E-state index in [1.807, 2.05) is 26.0 Å². The molecule has 2 atom stereocenters. The zero-order chi connectivity index (χ0) is 17.1. The van der Waals surface area contributed by atoms with Crippen LogP contribution in [0.2, 0.25) is 0 Å². The first-order valence-corrected chi connectivity index (χ1v) is 8.38. The predicted molar refractivity (Wildman–Crippen MR) is 100 cm³/mol. The Kier molecular flexibility index (Phi) is 6.64. The quantitative estimate of drug-likeness (QED) is 0.841. The van der Waals surface area contributed by atoms with Crippen molar-refractivity contribution in [1.29, 1.82) is 0 Å². The highest BCUT2D eigenvalue weighted by Crippen LogP contribution is 2.25. The summed E-state index contributed by atoms with van der Waals surface area (Å²) in [6.45, 7) is 6.87. The van der Waals surface area contributed by atoms with Gasteiger partial charge in [0.15, 0.2) is 5.58 Å². The molecule has 25 heavy (non-hydrogen) atoms. The van der Waals surface area contributed by atoms with E-state index in [9.17, 15) is 4.79 Å². The minimum Gasteiger partial charge on any atom is -0.423 e. The van der Waals surface area contributed by atoms with Gasteiger partial charge in [-0.05, 0) is 18.1 Å². The number of nitrogens with two attached hydrogens (primary N) is 1. The Balaban J connectivity index is 0.00000225. The lowest BCUT2D eigenvalue weighted by Gasteiger charge is -2.24. The maximum absolute atomic E-state index is 12.2. The molecule has 2 heterocycles. The molecule has 0 radical (unpaired) electrons. The van der Waals surface area contributed by atoms with Crippen LogP contribution in [0.1, 0.15) is 20.3 Å². The molecule has 0 bridgehead atoms. The number of aromatic nitrogens is 1. The van der Waals surface area contributed by atoms with Crippen molar-refractivity contribution in [1.82, 2.24) is 4.98 Å². The number of morpholine rings is 1. The molecule has 2 aromatic rings. The van der Waals surface area contributed by atoms with Crippen LogP contribution >= 0.6 is 12.4 Å². The summed E-state index contributed by atoms with van der Waals surface area (Å²) < 4.78 is 11.2. The van der Waals surface area contributed by atoms with Crippen LogP contribution < -0.4 is 16.0 Å². The lowest BCUT2D eigenvalue weighted by Crippen LogP contribution is -2.40. The van der Waals surface area contributed by atoms with Gasteiger partial charge in [-0.15, -0.1) is 12.4 Å². The van der Waals surface area contributed by atoms with Crippen molar-refractivity contribution in [2.24, 2.45) is 11.7 Å². The molecule has 7 nitrogen and oxygen atoms in total. The Bertz CT molecular complexity index is 715. The van der Waals surface area contributed by atoms with Crippen LogP contribution in [0.15, 0.2) is 22.6 Å². The number of rotatable bonds is 5. The molecule has 1 amide bonds. The van der Waals surface area contributed by atoms with Crippen molar-refractivity contribution < 1.29 is 13.9 Å². The first-order chi connectivity index (χ1) is 11.6. The average molecular weight is 369 g/mol. The van der Waals surface area contributed by atoms with E-state index in [1.165, 1.54) is 0 Å². The summed E-state index contributed by atoms with van der Waals surface area (Å²) in [4.78, 5) is 18.8. The van der Waals surface area contributed by atoms with Gasteiger partial charge in [-0.1, -0.05) is 20.3 Å². The van der Waals surface area contributed by atoms with E-state index in [2.05, 4.69) is 15.2 Å². The van der Waals surface area contributed by atoms with Gasteiger partial charge >= 0.3 is 0 Å². The van der Waals surface area contributed by atoms with Gasteiger partial charge in [-0.3, -0.25) is 4.79 Å². The Hall–Kier alpha value is -1.83. The summed E-state index contributed by atoms with van der Waals surface area (Å²) in [6, 6.07) is 5.51. The zero-order valence-corrected chi connectivity index (χ0v) is 15.3. The Morgan fingerprint density at radius 1 is 1.40 bits per heavy atom. The molecule has 0 saturated carbocycles. The highest BCUT2D eigenvalue weighted by molar-refractivity contribution is 5.96. The van der Waals surface area contributed by atoms with Crippen molar-refractivity contribution in [2.45, 2.75) is 26.3 Å². The van der Waals surface area contributed by atoms with E-state index in [-0.39, 0.29) is 24.2 Å². The standard InChI is InChI=1S/C17H24N4O3.ClH/c1-3-11(2)15(18)16(22)19-12-4-5-13-14(10-12)24-17(20-13)21-6-8-23-9-7-21;/h4-5,10-11,15H,3,6-9,18H2,1-2H3,(H,19,22);1H. The maximum atomic E-state index is 12.2. The predicted octanol–water partition coefficient (Wildman–Crippen LogP) is 2.40. The number of fused-ring (bicyclic) bond motifs is 1. The van der Waals surface area contributed by atoms with Gasteiger partial charge in [0, 0.05) is 24.8 Å². The minimum absolute atomic E-state index is 0. The zero-order valence-electron chi connectivity index (χ0n) is 14.5. The van der Waals surface area contributed by atoms with E-state index in [0.29, 0.717) is 30.5 Å². The largest absolute Gasteiger partial charge is 0.423 e. The minimum atomic E-state index is -0.524. The van der Waals surface area contributed by atoms with Crippen LogP contribution in [0, 0.1) is 5.92 Å². The summed E-state index contributed by atoms with van der Waals surface area (Å²) in [5.41, 5.74) is 8.04. The summed E-state index contributed by atoms with van der Waals surface area (Å²) in [5, 5.41) is 2.85. The molecule has 1 saturated heterocycles. The molecular weight excluding hydrogens is 344 g/mol. The number of carbonyl (C=O) groups excluding carboxylic acids is 1. The van der Waals surface area contributed by atoms with Gasteiger partial charge in [0.1, 0.15) is 5.52 Å². The van der Waals surface area contributed by atoms with Crippen molar-refractivity contribution in [3.05, 3.63) is 18.2 Å². The third-order valence-corrected chi connectivity index (χ3v) is 4.49. The second-order valence-electron chi connectivity index (χ2n) is 6.18. The number of hydrogen-bond donors (Lipinski definition) is 2. The van der Waals surface area contributed by atoms with Crippen LogP contribution in [0.25, 0.3) is 11.1 Å². The molecule has 138 valence electrons. The van der Waals surface area contributed by atoms with Gasteiger partial charge in [0.2, 0.25) is 5.91 Å². The number of hydrogen-bond acceptors (Lipinski definition) is 6. The van der Waals surface area contributed by atoms with Gasteiger partial charge in [0.25, 0.3) is 6.01 Å². The van der Waals surface area contributed by atoms with E-state index >= 15 is 0 Å². The second-order valence-corrected chi connectivity index (χ2v) is 6.18. The number of carbonyl (C=O) groups is 1. The smallest absolute Gasteiger partial charge is 0.298 e. The fourth-order valence-electron chi connectivity index (χ4n) is 2.62. The highest BCUT2D eigenvalue weighted by atomic mass is 35.5. The number of nitrogens with zero attached hydrogens (tertiary/aromatic N) is 2. The lowest BCUT2D eigenvalue weighted by atomic mass is 9.99. The molecule has 1 aromatic carbocycles. The van der Waals surface area contributed by atoms with Crippen LogP contribution in [0.5, 0.6) is 0 Å². The molecule has 1 aromatic heterocycles. The number of benzene rings is 1. The van der Waals surface area contributed by atoms with E-state index in [4.69, 9.17) is 14.9 Å². The number of amides is 1. The number of oxazole rings is 1. The highest BCUT2D eigenvalue weighted by Gasteiger charge is 2.20. The van der Waals surface area contributed by atoms with E-state index in [0.717, 1.165) is 25.0 Å². The van der Waals surface area contributed by atoms with Crippen molar-refractivity contribution >= 4 is 41.1 Å². The molecule has 0 spiro atoms. The second kappa shape index (κ2) is 8.51. The van der Waals surface area contributed by atoms with Crippen molar-refractivity contribution in [3.63, 3.8) is 0 Å². The Morgan fingerprint density at radius 2 is 2.12 bits per heavy atom. The van der Waals surface area contributed by atoms with Crippen molar-refractivity contribution in [2.75, 3.05) is 36.5 Å². The molecule has 0 aliphatic carbocycles. The fourth-order valence-corrected chi connectivity index (χ4v) is 2.62. The van der Waals surface area contributed by atoms with Gasteiger partial charge in [-0.2, -0.15) is 4.98 Å². The molecule has 1 aliphatic rings. The van der Waals surface area contributed by atoms with Crippen LogP contribution in [-0.2, 0) is 9.53 Å². The van der Waals surface area contributed by atoms with Gasteiger partial charge in [0.05, 0.1) is 19.3 Å². The summed E-state index contributed by atoms with van der Waals surface area (Å²) >= 11 is 0. The van der Waals surface area contributed by atoms with Crippen LogP contribution in [-0.4, -0.2) is 43.2 Å². The Labute approximate surface area is 153 Å². The number of anilines is 2. The molecule has 3 N–H and O–H groups in total. The first-order valence-electron chi connectivity index (χ1n) is 8.38. The maximum Gasteiger partial charge on any atom is 0.298 e. The van der Waals surface area contributed by atoms with Crippen LogP contribution in [0.4, 0.5) is 11.7 Å². The molecule has 3 rings (SSSR count). The monoisotopic (exact) mass is 368 g/mol. The van der Waals surface area contributed by atoms with E-state index < -0.39 is 6.04 Å². The lowest BCUT2D eigenvalue weighted by molar-refractivity contribution is -0.118. The normalized spacial score (nSPS) is 17.0. The van der Waals surface area contributed by atoms with Crippen LogP contribution in [0.3, 0.4) is 0 Å². The molecule has 1 fully saturated rings. The number of nitrogens with one attached hydrogen (secondary N) is 1. The summed E-state index contributed by atoms with van der Waals surface area (Å²) in [5.74, 6) is -0.0523. The SMILES string of the molecule is CCC(C)C(N)C(=O)Nc1ccc2nc(N3CCOCC3)oc2c1.Cl. The summed E-state index contributed by atoms with van der Waals surface area (Å²) in [7, 11) is 0. The Morgan fingerprint density at radius 3 is 2.80 bits per heavy atom. The topological polar surface area (TPSA) is 93.6 Å².